The zero-order valence-corrected chi connectivity index (χ0v) is 7.65. The highest BCUT2D eigenvalue weighted by Crippen LogP contribution is 2.21. The number of rotatable bonds is 1. The minimum absolute atomic E-state index is 0.367. The first kappa shape index (κ1) is 8.76. The van der Waals surface area contributed by atoms with Gasteiger partial charge in [0.15, 0.2) is 0 Å². The van der Waals surface area contributed by atoms with E-state index in [1.165, 1.54) is 0 Å². The van der Waals surface area contributed by atoms with Crippen LogP contribution in [0.25, 0.3) is 10.1 Å². The molecule has 0 radical (unpaired) electrons. The predicted octanol–water partition coefficient (Wildman–Crippen LogP) is 1.56. The maximum atomic E-state index is 11.3. The average Bonchev–Trinajstić information content (AvgIpc) is 2.17. The van der Waals surface area contributed by atoms with Crippen LogP contribution in [-0.2, 0) is 0 Å². The molecule has 0 N–H and O–H groups in total. The second kappa shape index (κ2) is 3.15. The van der Waals surface area contributed by atoms with E-state index in [1.807, 2.05) is 0 Å². The van der Waals surface area contributed by atoms with Crippen LogP contribution in [-0.4, -0.2) is 9.91 Å². The van der Waals surface area contributed by atoms with Gasteiger partial charge < -0.3 is 10.1 Å². The number of nitro groups is 1. The molecule has 0 saturated heterocycles. The Balaban J connectivity index is 2.86. The maximum Gasteiger partial charge on any atom is 0.427 e. The molecule has 0 saturated carbocycles. The van der Waals surface area contributed by atoms with Crippen molar-refractivity contribution in [2.24, 2.45) is 0 Å². The van der Waals surface area contributed by atoms with Crippen LogP contribution in [0.1, 0.15) is 0 Å². The second-order valence-electron chi connectivity index (χ2n) is 2.55. The Labute approximate surface area is 81.8 Å². The second-order valence-corrected chi connectivity index (χ2v) is 3.56. The molecule has 0 unspecified atom stereocenters. The zero-order chi connectivity index (χ0) is 10.1. The van der Waals surface area contributed by atoms with E-state index < -0.39 is 10.5 Å². The first-order chi connectivity index (χ1) is 6.68. The van der Waals surface area contributed by atoms with Crippen LogP contribution in [0, 0.1) is 10.1 Å². The van der Waals surface area contributed by atoms with Gasteiger partial charge in [-0.2, -0.15) is 0 Å². The van der Waals surface area contributed by atoms with Crippen molar-refractivity contribution >= 4 is 26.6 Å². The van der Waals surface area contributed by atoms with Crippen molar-refractivity contribution in [3.05, 3.63) is 44.7 Å². The molecule has 1 heterocycles. The third-order valence-electron chi connectivity index (χ3n) is 1.67. The van der Waals surface area contributed by atoms with Crippen LogP contribution in [0.15, 0.2) is 29.1 Å². The lowest BCUT2D eigenvalue weighted by molar-refractivity contribution is -0.384. The molecular formula is C8H4N2O3S. The monoisotopic (exact) mass is 208 g/mol. The van der Waals surface area contributed by atoms with E-state index in [2.05, 4.69) is 4.98 Å². The lowest BCUT2D eigenvalue weighted by Crippen LogP contribution is -2.07. The number of benzene rings is 1. The van der Waals surface area contributed by atoms with Crippen molar-refractivity contribution in [3.8, 4) is 0 Å². The van der Waals surface area contributed by atoms with Gasteiger partial charge in [-0.3, -0.25) is 0 Å². The van der Waals surface area contributed by atoms with Crippen LogP contribution >= 0.6 is 11.3 Å². The van der Waals surface area contributed by atoms with Gasteiger partial charge in [-0.25, -0.2) is 4.79 Å². The summed E-state index contributed by atoms with van der Waals surface area (Å²) in [5, 5.41) is 10.5. The Morgan fingerprint density at radius 3 is 2.79 bits per heavy atom. The highest BCUT2D eigenvalue weighted by atomic mass is 32.1. The summed E-state index contributed by atoms with van der Waals surface area (Å²) in [5.41, 5.74) is -0.550. The SMILES string of the molecule is O=c1nc([N+](=O)[O-])sc2ccccc12. The molecule has 1 aromatic carbocycles. The number of aromatic nitrogens is 1. The molecule has 2 rings (SSSR count). The molecule has 0 bridgehead atoms. The molecule has 2 aromatic rings. The summed E-state index contributed by atoms with van der Waals surface area (Å²) in [6, 6.07) is 6.69. The van der Waals surface area contributed by atoms with Gasteiger partial charge in [-0.1, -0.05) is 12.1 Å². The third-order valence-corrected chi connectivity index (χ3v) is 2.67. The first-order valence-electron chi connectivity index (χ1n) is 3.73. The summed E-state index contributed by atoms with van der Waals surface area (Å²) >= 11 is 0.899. The quantitative estimate of drug-likeness (QED) is 0.526. The van der Waals surface area contributed by atoms with Crippen molar-refractivity contribution in [3.63, 3.8) is 0 Å². The van der Waals surface area contributed by atoms with E-state index in [0.29, 0.717) is 10.1 Å². The van der Waals surface area contributed by atoms with Crippen molar-refractivity contribution in [1.82, 2.24) is 4.98 Å². The summed E-state index contributed by atoms with van der Waals surface area (Å²) in [6.07, 6.45) is 0. The highest BCUT2D eigenvalue weighted by molar-refractivity contribution is 7.21. The smallest absolute Gasteiger partial charge is 0.357 e. The zero-order valence-electron chi connectivity index (χ0n) is 6.84. The van der Waals surface area contributed by atoms with Crippen molar-refractivity contribution in [1.29, 1.82) is 0 Å². The Morgan fingerprint density at radius 1 is 1.36 bits per heavy atom. The first-order valence-corrected chi connectivity index (χ1v) is 4.54. The van der Waals surface area contributed by atoms with Gasteiger partial charge in [0.25, 0.3) is 0 Å². The van der Waals surface area contributed by atoms with Crippen molar-refractivity contribution < 1.29 is 4.92 Å². The fraction of sp³-hybridized carbons (Fsp3) is 0. The molecule has 0 amide bonds. The predicted molar refractivity (Wildman–Crippen MR) is 52.5 cm³/mol. The van der Waals surface area contributed by atoms with Crippen LogP contribution in [0.4, 0.5) is 5.13 Å². The summed E-state index contributed by atoms with van der Waals surface area (Å²) < 4.78 is 0.583. The summed E-state index contributed by atoms with van der Waals surface area (Å²) in [4.78, 5) is 24.4. The van der Waals surface area contributed by atoms with Gasteiger partial charge in [-0.05, 0) is 28.4 Å². The lowest BCUT2D eigenvalue weighted by atomic mass is 10.3. The maximum absolute atomic E-state index is 11.3. The molecule has 0 fully saturated rings. The van der Waals surface area contributed by atoms with E-state index in [-0.39, 0.29) is 5.13 Å². The average molecular weight is 208 g/mol. The largest absolute Gasteiger partial charge is 0.427 e. The van der Waals surface area contributed by atoms with E-state index in [4.69, 9.17) is 0 Å². The lowest BCUT2D eigenvalue weighted by Gasteiger charge is -1.92. The molecule has 14 heavy (non-hydrogen) atoms. The Morgan fingerprint density at radius 2 is 2.07 bits per heavy atom. The summed E-state index contributed by atoms with van der Waals surface area (Å²) in [7, 11) is 0. The standard InChI is InChI=1S/C8H4N2O3S/c11-7-5-3-1-2-4-6(5)14-8(9-7)10(12)13/h1-4H. The Hall–Kier alpha value is -1.82. The minimum Gasteiger partial charge on any atom is -0.357 e. The van der Waals surface area contributed by atoms with Gasteiger partial charge in [0.1, 0.15) is 0 Å². The molecule has 0 spiro atoms. The minimum atomic E-state index is -0.654. The van der Waals surface area contributed by atoms with Gasteiger partial charge in [0, 0.05) is 4.98 Å². The molecule has 0 aliphatic carbocycles. The third kappa shape index (κ3) is 1.35. The van der Waals surface area contributed by atoms with Crippen LogP contribution in [0.2, 0.25) is 0 Å². The number of nitrogens with zero attached hydrogens (tertiary/aromatic N) is 2. The van der Waals surface area contributed by atoms with E-state index in [1.54, 1.807) is 24.3 Å². The van der Waals surface area contributed by atoms with E-state index in [9.17, 15) is 14.9 Å². The van der Waals surface area contributed by atoms with Crippen molar-refractivity contribution in [2.75, 3.05) is 0 Å². The van der Waals surface area contributed by atoms with Gasteiger partial charge in [0.05, 0.1) is 10.1 Å². The van der Waals surface area contributed by atoms with Crippen LogP contribution in [0.5, 0.6) is 0 Å². The molecule has 6 heteroatoms. The number of fused-ring (bicyclic) bond motifs is 1. The fourth-order valence-corrected chi connectivity index (χ4v) is 1.89. The molecule has 1 aromatic heterocycles. The van der Waals surface area contributed by atoms with Gasteiger partial charge >= 0.3 is 10.7 Å². The Bertz CT molecular complexity index is 564. The molecule has 0 aliphatic rings. The molecule has 5 nitrogen and oxygen atoms in total. The van der Waals surface area contributed by atoms with Crippen molar-refractivity contribution in [2.45, 2.75) is 0 Å². The molecular weight excluding hydrogens is 204 g/mol. The Kier molecular flexibility index (Phi) is 1.97. The molecule has 70 valence electrons. The van der Waals surface area contributed by atoms with Crippen LogP contribution in [0.3, 0.4) is 0 Å². The molecule has 0 aliphatic heterocycles. The normalized spacial score (nSPS) is 10.3. The fourth-order valence-electron chi connectivity index (χ4n) is 1.08. The summed E-state index contributed by atoms with van der Waals surface area (Å²) in [5.74, 6) is 0. The summed E-state index contributed by atoms with van der Waals surface area (Å²) in [6.45, 7) is 0. The highest BCUT2D eigenvalue weighted by Gasteiger charge is 2.13. The van der Waals surface area contributed by atoms with Gasteiger partial charge in [0.2, 0.25) is 0 Å². The van der Waals surface area contributed by atoms with E-state index in [0.717, 1.165) is 11.3 Å². The number of hydrogen-bond donors (Lipinski definition) is 0. The topological polar surface area (TPSA) is 73.1 Å². The van der Waals surface area contributed by atoms with Gasteiger partial charge in [-0.15, -0.1) is 0 Å². The van der Waals surface area contributed by atoms with E-state index >= 15 is 0 Å². The van der Waals surface area contributed by atoms with Crippen LogP contribution < -0.4 is 5.56 Å². The molecule has 0 atom stereocenters. The number of hydrogen-bond acceptors (Lipinski definition) is 5.